The van der Waals surface area contributed by atoms with Gasteiger partial charge in [-0.25, -0.2) is 0 Å². The number of hydrogen-bond donors (Lipinski definition) is 1. The third-order valence-corrected chi connectivity index (χ3v) is 5.96. The van der Waals surface area contributed by atoms with Crippen LogP contribution in [0.25, 0.3) is 38.5 Å². The van der Waals surface area contributed by atoms with Crippen LogP contribution in [-0.2, 0) is 6.42 Å². The van der Waals surface area contributed by atoms with Gasteiger partial charge in [0.15, 0.2) is 0 Å². The number of benzene rings is 1. The van der Waals surface area contributed by atoms with Crippen molar-refractivity contribution in [3.05, 3.63) is 46.7 Å². The van der Waals surface area contributed by atoms with E-state index in [-0.39, 0.29) is 0 Å². The standard InChI is InChI=1S/C23H20N4O2/c1-11-20(12(2)29-27-11)16-8-17-14(9-19(16)28-3)21-22(13-5-4-6-24-10-13)25-18-7-15(18)23(21)26-17/h6,8-10,26H,4-5,7H2,1-3H3. The maximum absolute atomic E-state index is 5.79. The Bertz CT molecular complexity index is 1370. The largest absolute Gasteiger partial charge is 0.496 e. The van der Waals surface area contributed by atoms with Crippen molar-refractivity contribution < 1.29 is 9.26 Å². The number of methoxy groups -OCH3 is 1. The van der Waals surface area contributed by atoms with Crippen molar-refractivity contribution >= 4 is 33.6 Å². The van der Waals surface area contributed by atoms with E-state index in [4.69, 9.17) is 14.2 Å². The molecule has 0 saturated carbocycles. The van der Waals surface area contributed by atoms with Gasteiger partial charge in [-0.3, -0.25) is 9.98 Å². The molecule has 0 atom stereocenters. The first-order valence-corrected chi connectivity index (χ1v) is 9.85. The number of nitrogens with one attached hydrogen (secondary N) is 1. The van der Waals surface area contributed by atoms with Crippen LogP contribution in [0, 0.1) is 13.8 Å². The lowest BCUT2D eigenvalue weighted by Gasteiger charge is -2.11. The minimum Gasteiger partial charge on any atom is -0.496 e. The van der Waals surface area contributed by atoms with E-state index in [2.05, 4.69) is 27.3 Å². The average Bonchev–Trinajstić information content (AvgIpc) is 3.33. The Morgan fingerprint density at radius 1 is 1.21 bits per heavy atom. The molecule has 0 amide bonds. The van der Waals surface area contributed by atoms with Gasteiger partial charge in [-0.05, 0) is 44.4 Å². The minimum atomic E-state index is 0.788. The molecule has 3 aromatic heterocycles. The molecule has 1 aliphatic heterocycles. The van der Waals surface area contributed by atoms with Crippen molar-refractivity contribution in [3.63, 3.8) is 0 Å². The molecule has 0 bridgehead atoms. The zero-order valence-corrected chi connectivity index (χ0v) is 16.6. The predicted molar refractivity (Wildman–Crippen MR) is 114 cm³/mol. The number of aromatic nitrogens is 3. The molecule has 144 valence electrons. The summed E-state index contributed by atoms with van der Waals surface area (Å²) in [5.74, 6) is 1.59. The Morgan fingerprint density at radius 3 is 2.83 bits per heavy atom. The average molecular weight is 384 g/mol. The summed E-state index contributed by atoms with van der Waals surface area (Å²) >= 11 is 0. The van der Waals surface area contributed by atoms with Crippen molar-refractivity contribution in [2.45, 2.75) is 33.1 Å². The van der Waals surface area contributed by atoms with Crippen molar-refractivity contribution in [3.8, 4) is 16.9 Å². The Kier molecular flexibility index (Phi) is 3.30. The van der Waals surface area contributed by atoms with Gasteiger partial charge in [0, 0.05) is 46.3 Å². The second kappa shape index (κ2) is 5.80. The molecule has 0 saturated heterocycles. The molecule has 1 aliphatic carbocycles. The minimum absolute atomic E-state index is 0.788. The van der Waals surface area contributed by atoms with E-state index in [0.717, 1.165) is 64.2 Å². The Hall–Kier alpha value is -3.41. The van der Waals surface area contributed by atoms with Crippen molar-refractivity contribution in [1.29, 1.82) is 0 Å². The molecule has 6 heteroatoms. The Morgan fingerprint density at radius 2 is 2.10 bits per heavy atom. The van der Waals surface area contributed by atoms with Crippen LogP contribution in [0.5, 0.6) is 5.75 Å². The molecular weight excluding hydrogens is 364 g/mol. The van der Waals surface area contributed by atoms with Crippen LogP contribution in [0.4, 0.5) is 0 Å². The first kappa shape index (κ1) is 16.5. The summed E-state index contributed by atoms with van der Waals surface area (Å²) in [6.45, 7) is 3.89. The fourth-order valence-corrected chi connectivity index (χ4v) is 4.49. The van der Waals surface area contributed by atoms with Crippen LogP contribution in [0.3, 0.4) is 0 Å². The van der Waals surface area contributed by atoms with E-state index < -0.39 is 0 Å². The molecule has 0 radical (unpaired) electrons. The molecule has 29 heavy (non-hydrogen) atoms. The van der Waals surface area contributed by atoms with Crippen molar-refractivity contribution in [2.24, 2.45) is 4.99 Å². The van der Waals surface area contributed by atoms with E-state index in [9.17, 15) is 0 Å². The molecule has 0 spiro atoms. The normalized spacial score (nSPS) is 15.1. The highest BCUT2D eigenvalue weighted by Gasteiger charge is 2.29. The van der Waals surface area contributed by atoms with E-state index >= 15 is 0 Å². The Balaban J connectivity index is 1.68. The topological polar surface area (TPSA) is 76.3 Å². The molecule has 1 aromatic carbocycles. The van der Waals surface area contributed by atoms with Crippen molar-refractivity contribution in [1.82, 2.24) is 15.1 Å². The van der Waals surface area contributed by atoms with E-state index in [1.165, 1.54) is 27.7 Å². The van der Waals surface area contributed by atoms with Crippen LogP contribution in [0.15, 0.2) is 27.8 Å². The SMILES string of the molecule is COc1cc2c(cc1-c1c(C)noc1C)[nH]c1c3c(nc(C4=CN=CCC4)c12)C3. The van der Waals surface area contributed by atoms with Crippen molar-refractivity contribution in [2.75, 3.05) is 7.11 Å². The third kappa shape index (κ3) is 2.32. The molecule has 0 unspecified atom stereocenters. The molecule has 4 aromatic rings. The predicted octanol–water partition coefficient (Wildman–Crippen LogP) is 5.11. The summed E-state index contributed by atoms with van der Waals surface area (Å²) in [6.07, 6.45) is 6.78. The quantitative estimate of drug-likeness (QED) is 0.469. The molecule has 2 aliphatic rings. The number of aromatic amines is 1. The second-order valence-electron chi connectivity index (χ2n) is 7.76. The molecular formula is C23H20N4O2. The first-order valence-electron chi connectivity index (χ1n) is 9.85. The van der Waals surface area contributed by atoms with E-state index in [1.807, 2.05) is 26.3 Å². The van der Waals surface area contributed by atoms with Gasteiger partial charge in [0.2, 0.25) is 0 Å². The number of H-pyrrole nitrogens is 1. The number of fused-ring (bicyclic) bond motifs is 5. The summed E-state index contributed by atoms with van der Waals surface area (Å²) in [5, 5.41) is 6.41. The summed E-state index contributed by atoms with van der Waals surface area (Å²) in [4.78, 5) is 13.0. The zero-order valence-electron chi connectivity index (χ0n) is 16.6. The van der Waals surface area contributed by atoms with Gasteiger partial charge in [0.1, 0.15) is 11.5 Å². The number of allylic oxidation sites excluding steroid dienone is 1. The molecule has 6 nitrogen and oxygen atoms in total. The van der Waals surface area contributed by atoms with Crippen LogP contribution in [0.1, 0.15) is 41.2 Å². The number of rotatable bonds is 3. The lowest BCUT2D eigenvalue weighted by atomic mass is 9.98. The van der Waals surface area contributed by atoms with Crippen LogP contribution in [0.2, 0.25) is 0 Å². The monoisotopic (exact) mass is 384 g/mol. The number of hydrogen-bond acceptors (Lipinski definition) is 5. The first-order chi connectivity index (χ1) is 14.2. The highest BCUT2D eigenvalue weighted by Crippen LogP contribution is 2.45. The van der Waals surface area contributed by atoms with Gasteiger partial charge in [-0.2, -0.15) is 0 Å². The number of aliphatic imine (C=N–C) groups is 1. The summed E-state index contributed by atoms with van der Waals surface area (Å²) < 4.78 is 11.2. The van der Waals surface area contributed by atoms with E-state index in [0.29, 0.717) is 0 Å². The maximum atomic E-state index is 5.79. The lowest BCUT2D eigenvalue weighted by Crippen LogP contribution is -1.95. The summed E-state index contributed by atoms with van der Waals surface area (Å²) in [5.41, 5.74) is 9.84. The van der Waals surface area contributed by atoms with E-state index in [1.54, 1.807) is 7.11 Å². The van der Waals surface area contributed by atoms with Gasteiger partial charge < -0.3 is 14.2 Å². The maximum Gasteiger partial charge on any atom is 0.141 e. The van der Waals surface area contributed by atoms with Gasteiger partial charge in [0.25, 0.3) is 0 Å². The number of ether oxygens (including phenoxy) is 1. The molecule has 4 heterocycles. The highest BCUT2D eigenvalue weighted by molar-refractivity contribution is 6.15. The van der Waals surface area contributed by atoms with Gasteiger partial charge >= 0.3 is 0 Å². The fraction of sp³-hybridized carbons (Fsp3) is 0.261. The number of nitrogens with zero attached hydrogens (tertiary/aromatic N) is 3. The smallest absolute Gasteiger partial charge is 0.141 e. The Labute approximate surface area is 167 Å². The lowest BCUT2D eigenvalue weighted by molar-refractivity contribution is 0.393. The van der Waals surface area contributed by atoms with Crippen LogP contribution in [-0.4, -0.2) is 28.4 Å². The van der Waals surface area contributed by atoms with Crippen LogP contribution < -0.4 is 4.74 Å². The third-order valence-electron chi connectivity index (χ3n) is 5.96. The second-order valence-corrected chi connectivity index (χ2v) is 7.76. The number of aryl methyl sites for hydroxylation is 2. The molecule has 6 rings (SSSR count). The molecule has 0 fully saturated rings. The summed E-state index contributed by atoms with van der Waals surface area (Å²) in [6, 6.07) is 4.26. The highest BCUT2D eigenvalue weighted by atomic mass is 16.5. The van der Waals surface area contributed by atoms with Gasteiger partial charge in [-0.1, -0.05) is 5.16 Å². The molecule has 1 N–H and O–H groups in total. The number of pyridine rings is 1. The van der Waals surface area contributed by atoms with Gasteiger partial charge in [0.05, 0.1) is 35.3 Å². The zero-order chi connectivity index (χ0) is 19.7. The van der Waals surface area contributed by atoms with Gasteiger partial charge in [-0.15, -0.1) is 0 Å². The van der Waals surface area contributed by atoms with Crippen LogP contribution >= 0.6 is 0 Å². The fourth-order valence-electron chi connectivity index (χ4n) is 4.49. The summed E-state index contributed by atoms with van der Waals surface area (Å²) in [7, 11) is 1.71.